The molecular formula is C16H17F2N3. The highest BCUT2D eigenvalue weighted by molar-refractivity contribution is 5.56. The second kappa shape index (κ2) is 5.60. The van der Waals surface area contributed by atoms with E-state index in [1.54, 1.807) is 24.3 Å². The number of anilines is 3. The SMILES string of the molecule is Nc1ccc(N2CCN(c3ccccc3F)CC2)c(F)c1. The number of benzene rings is 2. The summed E-state index contributed by atoms with van der Waals surface area (Å²) in [5, 5.41) is 0. The lowest BCUT2D eigenvalue weighted by Gasteiger charge is -2.37. The Morgan fingerprint density at radius 1 is 0.762 bits per heavy atom. The van der Waals surface area contributed by atoms with Gasteiger partial charge in [0.15, 0.2) is 0 Å². The standard InChI is InChI=1S/C16H17F2N3/c17-13-3-1-2-4-15(13)20-7-9-21(10-8-20)16-6-5-12(19)11-14(16)18/h1-6,11H,7-10,19H2. The van der Waals surface area contributed by atoms with Gasteiger partial charge in [-0.05, 0) is 30.3 Å². The van der Waals surface area contributed by atoms with Gasteiger partial charge in [0.05, 0.1) is 11.4 Å². The molecule has 3 rings (SSSR count). The Balaban J connectivity index is 1.72. The number of para-hydroxylation sites is 1. The van der Waals surface area contributed by atoms with Crippen LogP contribution < -0.4 is 15.5 Å². The van der Waals surface area contributed by atoms with Crippen LogP contribution in [0.15, 0.2) is 42.5 Å². The number of nitrogens with zero attached hydrogens (tertiary/aromatic N) is 2. The van der Waals surface area contributed by atoms with Gasteiger partial charge >= 0.3 is 0 Å². The quantitative estimate of drug-likeness (QED) is 0.863. The number of nitrogens with two attached hydrogens (primary N) is 1. The summed E-state index contributed by atoms with van der Waals surface area (Å²) in [4.78, 5) is 3.95. The number of rotatable bonds is 2. The van der Waals surface area contributed by atoms with Gasteiger partial charge in [0, 0.05) is 31.9 Å². The summed E-state index contributed by atoms with van der Waals surface area (Å²) < 4.78 is 27.7. The molecule has 2 aromatic carbocycles. The molecule has 1 saturated heterocycles. The van der Waals surface area contributed by atoms with E-state index in [1.807, 2.05) is 15.9 Å². The van der Waals surface area contributed by atoms with Crippen LogP contribution in [0.5, 0.6) is 0 Å². The lowest BCUT2D eigenvalue weighted by molar-refractivity contribution is 0.582. The van der Waals surface area contributed by atoms with E-state index in [9.17, 15) is 8.78 Å². The van der Waals surface area contributed by atoms with Crippen LogP contribution in [-0.4, -0.2) is 26.2 Å². The van der Waals surface area contributed by atoms with Crippen LogP contribution in [0.3, 0.4) is 0 Å². The van der Waals surface area contributed by atoms with Gasteiger partial charge in [-0.1, -0.05) is 12.1 Å². The van der Waals surface area contributed by atoms with Crippen molar-refractivity contribution in [3.8, 4) is 0 Å². The van der Waals surface area contributed by atoms with Gasteiger partial charge in [-0.3, -0.25) is 0 Å². The molecular weight excluding hydrogens is 272 g/mol. The van der Waals surface area contributed by atoms with Crippen LogP contribution in [-0.2, 0) is 0 Å². The minimum Gasteiger partial charge on any atom is -0.399 e. The van der Waals surface area contributed by atoms with E-state index >= 15 is 0 Å². The van der Waals surface area contributed by atoms with Crippen LogP contribution in [0.1, 0.15) is 0 Å². The summed E-state index contributed by atoms with van der Waals surface area (Å²) in [6.07, 6.45) is 0. The number of hydrogen-bond acceptors (Lipinski definition) is 3. The Morgan fingerprint density at radius 3 is 1.90 bits per heavy atom. The average Bonchev–Trinajstić information content (AvgIpc) is 2.48. The fraction of sp³-hybridized carbons (Fsp3) is 0.250. The lowest BCUT2D eigenvalue weighted by Crippen LogP contribution is -2.47. The summed E-state index contributed by atoms with van der Waals surface area (Å²) in [5.74, 6) is -0.529. The molecule has 0 atom stereocenters. The van der Waals surface area contributed by atoms with Crippen LogP contribution in [0.2, 0.25) is 0 Å². The molecule has 5 heteroatoms. The van der Waals surface area contributed by atoms with Crippen molar-refractivity contribution in [1.29, 1.82) is 0 Å². The molecule has 2 N–H and O–H groups in total. The zero-order valence-electron chi connectivity index (χ0n) is 11.6. The van der Waals surface area contributed by atoms with Gasteiger partial charge in [-0.15, -0.1) is 0 Å². The van der Waals surface area contributed by atoms with Gasteiger partial charge in [-0.25, -0.2) is 8.78 Å². The van der Waals surface area contributed by atoms with Gasteiger partial charge in [-0.2, -0.15) is 0 Å². The lowest BCUT2D eigenvalue weighted by atomic mass is 10.2. The molecule has 0 bridgehead atoms. The smallest absolute Gasteiger partial charge is 0.148 e. The maximum atomic E-state index is 13.9. The largest absolute Gasteiger partial charge is 0.399 e. The predicted molar refractivity (Wildman–Crippen MR) is 81.6 cm³/mol. The Hall–Kier alpha value is -2.30. The molecule has 0 unspecified atom stereocenters. The molecule has 3 nitrogen and oxygen atoms in total. The number of hydrogen-bond donors (Lipinski definition) is 1. The number of halogens is 2. The molecule has 1 heterocycles. The summed E-state index contributed by atoms with van der Waals surface area (Å²) in [6.45, 7) is 2.61. The van der Waals surface area contributed by atoms with Crippen molar-refractivity contribution in [2.24, 2.45) is 0 Å². The maximum absolute atomic E-state index is 13.9. The summed E-state index contributed by atoms with van der Waals surface area (Å²) in [6, 6.07) is 11.5. The number of piperazine rings is 1. The fourth-order valence-electron chi connectivity index (χ4n) is 2.68. The zero-order chi connectivity index (χ0) is 14.8. The molecule has 2 aromatic rings. The molecule has 1 aliphatic rings. The third kappa shape index (κ3) is 2.77. The normalized spacial score (nSPS) is 15.3. The average molecular weight is 289 g/mol. The minimum atomic E-state index is -0.311. The summed E-state index contributed by atoms with van der Waals surface area (Å²) >= 11 is 0. The van der Waals surface area contributed by atoms with Crippen molar-refractivity contribution >= 4 is 17.1 Å². The van der Waals surface area contributed by atoms with Crippen molar-refractivity contribution < 1.29 is 8.78 Å². The third-order valence-electron chi connectivity index (χ3n) is 3.79. The molecule has 0 saturated carbocycles. The van der Waals surface area contributed by atoms with E-state index in [0.717, 1.165) is 0 Å². The molecule has 110 valence electrons. The Bertz CT molecular complexity index is 637. The van der Waals surface area contributed by atoms with Crippen molar-refractivity contribution in [2.45, 2.75) is 0 Å². The van der Waals surface area contributed by atoms with E-state index in [1.165, 1.54) is 12.1 Å². The fourth-order valence-corrected chi connectivity index (χ4v) is 2.68. The summed E-state index contributed by atoms with van der Waals surface area (Å²) in [7, 11) is 0. The minimum absolute atomic E-state index is 0.218. The second-order valence-electron chi connectivity index (χ2n) is 5.14. The first kappa shape index (κ1) is 13.7. The molecule has 0 aliphatic carbocycles. The zero-order valence-corrected chi connectivity index (χ0v) is 11.6. The van der Waals surface area contributed by atoms with E-state index in [-0.39, 0.29) is 11.6 Å². The van der Waals surface area contributed by atoms with Gasteiger partial charge < -0.3 is 15.5 Å². The topological polar surface area (TPSA) is 32.5 Å². The van der Waals surface area contributed by atoms with E-state index < -0.39 is 0 Å². The van der Waals surface area contributed by atoms with Crippen molar-refractivity contribution in [2.75, 3.05) is 41.7 Å². The first-order chi connectivity index (χ1) is 10.1. The molecule has 1 fully saturated rings. The maximum Gasteiger partial charge on any atom is 0.148 e. The van der Waals surface area contributed by atoms with Gasteiger partial charge in [0.1, 0.15) is 11.6 Å². The predicted octanol–water partition coefficient (Wildman–Crippen LogP) is 2.87. The molecule has 0 radical (unpaired) electrons. The van der Waals surface area contributed by atoms with Crippen LogP contribution in [0.25, 0.3) is 0 Å². The van der Waals surface area contributed by atoms with Gasteiger partial charge in [0.2, 0.25) is 0 Å². The molecule has 0 spiro atoms. The highest BCUT2D eigenvalue weighted by atomic mass is 19.1. The van der Waals surface area contributed by atoms with Crippen LogP contribution in [0, 0.1) is 11.6 Å². The van der Waals surface area contributed by atoms with Crippen molar-refractivity contribution in [3.05, 3.63) is 54.1 Å². The molecule has 0 aromatic heterocycles. The highest BCUT2D eigenvalue weighted by Gasteiger charge is 2.21. The summed E-state index contributed by atoms with van der Waals surface area (Å²) in [5.41, 5.74) is 7.14. The first-order valence-electron chi connectivity index (χ1n) is 6.94. The molecule has 21 heavy (non-hydrogen) atoms. The van der Waals surface area contributed by atoms with E-state index in [4.69, 9.17) is 5.73 Å². The second-order valence-corrected chi connectivity index (χ2v) is 5.14. The van der Waals surface area contributed by atoms with Crippen LogP contribution >= 0.6 is 0 Å². The van der Waals surface area contributed by atoms with Crippen molar-refractivity contribution in [1.82, 2.24) is 0 Å². The number of nitrogen functional groups attached to an aromatic ring is 1. The molecule has 1 aliphatic heterocycles. The van der Waals surface area contributed by atoms with E-state index in [2.05, 4.69) is 0 Å². The van der Waals surface area contributed by atoms with Gasteiger partial charge in [0.25, 0.3) is 0 Å². The monoisotopic (exact) mass is 289 g/mol. The Kier molecular flexibility index (Phi) is 3.64. The third-order valence-corrected chi connectivity index (χ3v) is 3.79. The first-order valence-corrected chi connectivity index (χ1v) is 6.94. The highest BCUT2D eigenvalue weighted by Crippen LogP contribution is 2.25. The van der Waals surface area contributed by atoms with Crippen molar-refractivity contribution in [3.63, 3.8) is 0 Å². The Morgan fingerprint density at radius 2 is 1.33 bits per heavy atom. The molecule has 0 amide bonds. The Labute approximate surface area is 122 Å². The van der Waals surface area contributed by atoms with E-state index in [0.29, 0.717) is 43.2 Å². The van der Waals surface area contributed by atoms with Crippen LogP contribution in [0.4, 0.5) is 25.8 Å².